The van der Waals surface area contributed by atoms with Gasteiger partial charge in [0.05, 0.1) is 6.61 Å². The molecule has 0 aromatic rings. The zero-order chi connectivity index (χ0) is 11.7. The van der Waals surface area contributed by atoms with Crippen LogP contribution < -0.4 is 11.1 Å². The molecule has 84 valence electrons. The maximum atomic E-state index is 11.2. The van der Waals surface area contributed by atoms with Gasteiger partial charge < -0.3 is 15.8 Å². The van der Waals surface area contributed by atoms with Crippen LogP contribution >= 0.6 is 0 Å². The lowest BCUT2D eigenvalue weighted by atomic mass is 10.3. The maximum absolute atomic E-state index is 11.2. The predicted molar refractivity (Wildman–Crippen MR) is 56.4 cm³/mol. The Kier molecular flexibility index (Phi) is 6.81. The highest BCUT2D eigenvalue weighted by molar-refractivity contribution is 5.93. The molecule has 0 atom stereocenters. The van der Waals surface area contributed by atoms with E-state index in [0.717, 1.165) is 12.8 Å². The van der Waals surface area contributed by atoms with Crippen LogP contribution in [0, 0.1) is 11.3 Å². The number of nitrogens with one attached hydrogen (secondary N) is 1. The molecule has 0 fully saturated rings. The average molecular weight is 211 g/mol. The molecule has 0 rings (SSSR count). The molecule has 0 aliphatic carbocycles. The van der Waals surface area contributed by atoms with Gasteiger partial charge >= 0.3 is 5.97 Å². The SMILES string of the molecule is CCCCNC(N)=C(C#N)C(=O)OCC. The van der Waals surface area contributed by atoms with Crippen molar-refractivity contribution in [3.8, 4) is 6.07 Å². The van der Waals surface area contributed by atoms with E-state index in [-0.39, 0.29) is 18.0 Å². The van der Waals surface area contributed by atoms with Gasteiger partial charge in [-0.2, -0.15) is 5.26 Å². The summed E-state index contributed by atoms with van der Waals surface area (Å²) in [4.78, 5) is 11.2. The topological polar surface area (TPSA) is 88.1 Å². The second-order valence-corrected chi connectivity index (χ2v) is 2.90. The summed E-state index contributed by atoms with van der Waals surface area (Å²) in [7, 11) is 0. The highest BCUT2D eigenvalue weighted by Crippen LogP contribution is 1.99. The van der Waals surface area contributed by atoms with E-state index in [2.05, 4.69) is 10.1 Å². The van der Waals surface area contributed by atoms with E-state index in [1.54, 1.807) is 13.0 Å². The summed E-state index contributed by atoms with van der Waals surface area (Å²) in [5.41, 5.74) is 5.39. The number of hydrogen-bond acceptors (Lipinski definition) is 5. The lowest BCUT2D eigenvalue weighted by Crippen LogP contribution is -2.26. The lowest BCUT2D eigenvalue weighted by molar-refractivity contribution is -0.138. The van der Waals surface area contributed by atoms with Crippen molar-refractivity contribution in [3.63, 3.8) is 0 Å². The summed E-state index contributed by atoms with van der Waals surface area (Å²) in [5, 5.41) is 11.5. The predicted octanol–water partition coefficient (Wildman–Crippen LogP) is 0.633. The Labute approximate surface area is 89.9 Å². The number of nitrogens with zero attached hydrogens (tertiary/aromatic N) is 1. The summed E-state index contributed by atoms with van der Waals surface area (Å²) >= 11 is 0. The molecule has 0 saturated heterocycles. The number of rotatable bonds is 6. The number of unbranched alkanes of at least 4 members (excludes halogenated alkanes) is 1. The first-order valence-electron chi connectivity index (χ1n) is 4.98. The standard InChI is InChI=1S/C10H17N3O2/c1-3-5-6-13-9(12)8(7-11)10(14)15-4-2/h13H,3-6,12H2,1-2H3. The molecule has 0 saturated carbocycles. The largest absolute Gasteiger partial charge is 0.462 e. The van der Waals surface area contributed by atoms with Crippen molar-refractivity contribution in [2.45, 2.75) is 26.7 Å². The van der Waals surface area contributed by atoms with Crippen molar-refractivity contribution in [1.29, 1.82) is 5.26 Å². The van der Waals surface area contributed by atoms with Crippen LogP contribution in [-0.2, 0) is 9.53 Å². The van der Waals surface area contributed by atoms with E-state index in [4.69, 9.17) is 11.0 Å². The molecule has 0 unspecified atom stereocenters. The van der Waals surface area contributed by atoms with Gasteiger partial charge in [0.15, 0.2) is 5.57 Å². The zero-order valence-electron chi connectivity index (χ0n) is 9.17. The number of carbonyl (C=O) groups excluding carboxylic acids is 1. The van der Waals surface area contributed by atoms with Crippen LogP contribution in [0.1, 0.15) is 26.7 Å². The summed E-state index contributed by atoms with van der Waals surface area (Å²) < 4.78 is 4.68. The molecule has 3 N–H and O–H groups in total. The molecule has 0 radical (unpaired) electrons. The number of ether oxygens (including phenoxy) is 1. The van der Waals surface area contributed by atoms with Crippen molar-refractivity contribution in [2.75, 3.05) is 13.2 Å². The van der Waals surface area contributed by atoms with Crippen molar-refractivity contribution in [2.24, 2.45) is 5.73 Å². The van der Waals surface area contributed by atoms with Gasteiger partial charge in [-0.1, -0.05) is 13.3 Å². The molecule has 0 amide bonds. The van der Waals surface area contributed by atoms with E-state index >= 15 is 0 Å². The molecule has 5 nitrogen and oxygen atoms in total. The lowest BCUT2D eigenvalue weighted by Gasteiger charge is -2.07. The van der Waals surface area contributed by atoms with Gasteiger partial charge in [0.2, 0.25) is 0 Å². The summed E-state index contributed by atoms with van der Waals surface area (Å²) in [5.74, 6) is -0.592. The number of nitrogens with two attached hydrogens (primary N) is 1. The first-order chi connectivity index (χ1) is 7.17. The Balaban J connectivity index is 4.40. The zero-order valence-corrected chi connectivity index (χ0v) is 9.17. The Morgan fingerprint density at radius 2 is 2.20 bits per heavy atom. The van der Waals surface area contributed by atoms with Crippen LogP contribution in [0.5, 0.6) is 0 Å². The second-order valence-electron chi connectivity index (χ2n) is 2.90. The number of nitriles is 1. The summed E-state index contributed by atoms with van der Waals surface area (Å²) in [6.45, 7) is 4.59. The minimum absolute atomic E-state index is 0.0874. The third-order valence-electron chi connectivity index (χ3n) is 1.71. The van der Waals surface area contributed by atoms with Crippen LogP contribution in [0.15, 0.2) is 11.4 Å². The molecule has 0 aliphatic heterocycles. The van der Waals surface area contributed by atoms with E-state index in [0.29, 0.717) is 6.54 Å². The Morgan fingerprint density at radius 1 is 1.53 bits per heavy atom. The van der Waals surface area contributed by atoms with Crippen LogP contribution in [0.2, 0.25) is 0 Å². The fraction of sp³-hybridized carbons (Fsp3) is 0.600. The molecule has 5 heteroatoms. The number of hydrogen-bond donors (Lipinski definition) is 2. The van der Waals surface area contributed by atoms with Gasteiger partial charge in [-0.05, 0) is 13.3 Å². The van der Waals surface area contributed by atoms with Crippen molar-refractivity contribution >= 4 is 5.97 Å². The molecule has 0 aliphatic rings. The fourth-order valence-corrected chi connectivity index (χ4v) is 0.907. The highest BCUT2D eigenvalue weighted by Gasteiger charge is 2.14. The molecule has 0 aromatic heterocycles. The Hall–Kier alpha value is -1.70. The van der Waals surface area contributed by atoms with Crippen molar-refractivity contribution in [1.82, 2.24) is 5.32 Å². The normalized spacial score (nSPS) is 11.3. The van der Waals surface area contributed by atoms with Crippen LogP contribution in [0.25, 0.3) is 0 Å². The molecule has 0 heterocycles. The van der Waals surface area contributed by atoms with Crippen LogP contribution in [-0.4, -0.2) is 19.1 Å². The summed E-state index contributed by atoms with van der Waals surface area (Å²) in [6, 6.07) is 1.73. The Bertz CT molecular complexity index is 279. The van der Waals surface area contributed by atoms with Gasteiger partial charge in [-0.25, -0.2) is 4.79 Å². The van der Waals surface area contributed by atoms with E-state index in [9.17, 15) is 4.79 Å². The smallest absolute Gasteiger partial charge is 0.352 e. The van der Waals surface area contributed by atoms with Crippen molar-refractivity contribution < 1.29 is 9.53 Å². The highest BCUT2D eigenvalue weighted by atomic mass is 16.5. The van der Waals surface area contributed by atoms with Gasteiger partial charge in [-0.15, -0.1) is 0 Å². The van der Waals surface area contributed by atoms with Gasteiger partial charge in [0.1, 0.15) is 11.9 Å². The first kappa shape index (κ1) is 13.3. The van der Waals surface area contributed by atoms with Crippen molar-refractivity contribution in [3.05, 3.63) is 11.4 Å². The second kappa shape index (κ2) is 7.68. The minimum atomic E-state index is -0.679. The van der Waals surface area contributed by atoms with Gasteiger partial charge in [0, 0.05) is 6.54 Å². The Morgan fingerprint density at radius 3 is 2.67 bits per heavy atom. The molecule has 0 aromatic carbocycles. The average Bonchev–Trinajstić information content (AvgIpc) is 2.19. The maximum Gasteiger partial charge on any atom is 0.352 e. The quantitative estimate of drug-likeness (QED) is 0.291. The minimum Gasteiger partial charge on any atom is -0.462 e. The van der Waals surface area contributed by atoms with E-state index in [1.165, 1.54) is 0 Å². The molecule has 0 spiro atoms. The molecule has 15 heavy (non-hydrogen) atoms. The van der Waals surface area contributed by atoms with Gasteiger partial charge in [0.25, 0.3) is 0 Å². The third kappa shape index (κ3) is 4.91. The number of carbonyl (C=O) groups is 1. The molecular formula is C10H17N3O2. The monoisotopic (exact) mass is 211 g/mol. The number of esters is 1. The van der Waals surface area contributed by atoms with Crippen LogP contribution in [0.4, 0.5) is 0 Å². The third-order valence-corrected chi connectivity index (χ3v) is 1.71. The summed E-state index contributed by atoms with van der Waals surface area (Å²) in [6.07, 6.45) is 1.95. The van der Waals surface area contributed by atoms with Crippen LogP contribution in [0.3, 0.4) is 0 Å². The van der Waals surface area contributed by atoms with E-state index < -0.39 is 5.97 Å². The fourth-order valence-electron chi connectivity index (χ4n) is 0.907. The van der Waals surface area contributed by atoms with Gasteiger partial charge in [-0.3, -0.25) is 0 Å². The van der Waals surface area contributed by atoms with E-state index in [1.807, 2.05) is 6.92 Å². The molecule has 0 bridgehead atoms. The molecular weight excluding hydrogens is 194 g/mol. The first-order valence-corrected chi connectivity index (χ1v) is 4.98.